The lowest BCUT2D eigenvalue weighted by molar-refractivity contribution is 0.450. The molecule has 3 heterocycles. The zero-order chi connectivity index (χ0) is 19.8. The Labute approximate surface area is 173 Å². The number of aromatic nitrogens is 4. The summed E-state index contributed by atoms with van der Waals surface area (Å²) in [5, 5.41) is 21.9. The van der Waals surface area contributed by atoms with Crippen LogP contribution in [0.2, 0.25) is 0 Å². The Bertz CT molecular complexity index is 1250. The van der Waals surface area contributed by atoms with Crippen molar-refractivity contribution >= 4 is 45.6 Å². The molecular formula is C18H11ClF2N6OS. The number of hydrogen-bond donors (Lipinski definition) is 2. The van der Waals surface area contributed by atoms with Crippen molar-refractivity contribution in [1.82, 2.24) is 19.9 Å². The highest BCUT2D eigenvalue weighted by atomic mass is 35.5. The van der Waals surface area contributed by atoms with E-state index in [1.807, 2.05) is 6.07 Å². The fourth-order valence-corrected chi connectivity index (χ4v) is 3.73. The van der Waals surface area contributed by atoms with Crippen LogP contribution in [-0.4, -0.2) is 25.0 Å². The maximum absolute atomic E-state index is 14.3. The van der Waals surface area contributed by atoms with Crippen LogP contribution in [-0.2, 0) is 0 Å². The number of aromatic hydroxyl groups is 1. The van der Waals surface area contributed by atoms with Crippen LogP contribution in [0.15, 0.2) is 30.5 Å². The predicted octanol–water partition coefficient (Wildman–Crippen LogP) is 4.48. The fourth-order valence-electron chi connectivity index (χ4n) is 2.65. The van der Waals surface area contributed by atoms with E-state index in [-0.39, 0.29) is 51.6 Å². The quantitative estimate of drug-likeness (QED) is 0.491. The number of thiazole rings is 1. The molecule has 2 N–H and O–H groups in total. The van der Waals surface area contributed by atoms with Crippen LogP contribution in [0, 0.1) is 29.9 Å². The van der Waals surface area contributed by atoms with Crippen molar-refractivity contribution in [1.29, 1.82) is 5.26 Å². The van der Waals surface area contributed by atoms with Gasteiger partial charge in [-0.1, -0.05) is 6.07 Å². The van der Waals surface area contributed by atoms with E-state index in [4.69, 9.17) is 0 Å². The molecule has 0 radical (unpaired) electrons. The van der Waals surface area contributed by atoms with Gasteiger partial charge in [0.25, 0.3) is 0 Å². The van der Waals surface area contributed by atoms with Crippen molar-refractivity contribution in [2.24, 2.45) is 0 Å². The number of pyridine rings is 1. The molecule has 3 aromatic heterocycles. The molecule has 0 saturated carbocycles. The van der Waals surface area contributed by atoms with Gasteiger partial charge in [0.2, 0.25) is 5.88 Å². The predicted molar refractivity (Wildman–Crippen MR) is 106 cm³/mol. The molecule has 0 spiro atoms. The van der Waals surface area contributed by atoms with Crippen molar-refractivity contribution in [2.45, 2.75) is 6.92 Å². The summed E-state index contributed by atoms with van der Waals surface area (Å²) >= 11 is 0.989. The Morgan fingerprint density at radius 1 is 1.17 bits per heavy atom. The van der Waals surface area contributed by atoms with Gasteiger partial charge < -0.3 is 10.4 Å². The highest BCUT2D eigenvalue weighted by Gasteiger charge is 2.20. The number of anilines is 2. The molecule has 29 heavy (non-hydrogen) atoms. The lowest BCUT2D eigenvalue weighted by Gasteiger charge is -2.06. The molecule has 0 atom stereocenters. The number of halogens is 3. The van der Waals surface area contributed by atoms with Crippen molar-refractivity contribution in [2.75, 3.05) is 5.32 Å². The maximum Gasteiger partial charge on any atom is 0.216 e. The summed E-state index contributed by atoms with van der Waals surface area (Å²) in [6, 6.07) is 7.30. The smallest absolute Gasteiger partial charge is 0.216 e. The molecule has 0 aliphatic heterocycles. The monoisotopic (exact) mass is 432 g/mol. The standard InChI is InChI=1S/C18H10F2N6OS.ClH/c1-8-23-12(5-13(27)24-8)25-17-16-15(11(20)7-22-17)26-18(28-16)14-9(6-21)3-2-4-10(14)19;/h2-5,7H,1H3,(H2,22,23,24,25,27);1H. The van der Waals surface area contributed by atoms with Gasteiger partial charge in [0.05, 0.1) is 23.4 Å². The minimum absolute atomic E-state index is 0. The Morgan fingerprint density at radius 3 is 2.69 bits per heavy atom. The molecule has 0 fully saturated rings. The van der Waals surface area contributed by atoms with Gasteiger partial charge in [-0.05, 0) is 19.1 Å². The van der Waals surface area contributed by atoms with E-state index in [1.54, 1.807) is 6.92 Å². The van der Waals surface area contributed by atoms with E-state index in [9.17, 15) is 19.1 Å². The summed E-state index contributed by atoms with van der Waals surface area (Å²) < 4.78 is 28.9. The van der Waals surface area contributed by atoms with Gasteiger partial charge in [-0.3, -0.25) is 0 Å². The Hall–Kier alpha value is -3.42. The average Bonchev–Trinajstić information content (AvgIpc) is 3.09. The molecule has 7 nitrogen and oxygen atoms in total. The fraction of sp³-hybridized carbons (Fsp3) is 0.0556. The topological polar surface area (TPSA) is 108 Å². The molecule has 11 heteroatoms. The van der Waals surface area contributed by atoms with Crippen LogP contribution in [0.4, 0.5) is 20.4 Å². The molecule has 0 aliphatic rings. The van der Waals surface area contributed by atoms with Gasteiger partial charge in [-0.25, -0.2) is 23.7 Å². The average molecular weight is 433 g/mol. The number of nitrogens with zero attached hydrogens (tertiary/aromatic N) is 5. The van der Waals surface area contributed by atoms with Gasteiger partial charge in [-0.15, -0.1) is 23.7 Å². The van der Waals surface area contributed by atoms with E-state index < -0.39 is 11.6 Å². The third-order valence-corrected chi connectivity index (χ3v) is 4.87. The Kier molecular flexibility index (Phi) is 5.54. The first-order valence-electron chi connectivity index (χ1n) is 7.92. The van der Waals surface area contributed by atoms with Gasteiger partial charge in [0.1, 0.15) is 32.7 Å². The minimum atomic E-state index is -0.681. The van der Waals surface area contributed by atoms with Gasteiger partial charge in [0, 0.05) is 6.07 Å². The van der Waals surface area contributed by atoms with E-state index in [1.165, 1.54) is 24.3 Å². The number of benzene rings is 1. The molecule has 4 rings (SSSR count). The molecule has 1 aromatic carbocycles. The normalized spacial score (nSPS) is 10.4. The van der Waals surface area contributed by atoms with Crippen molar-refractivity contribution in [3.63, 3.8) is 0 Å². The minimum Gasteiger partial charge on any atom is -0.493 e. The van der Waals surface area contributed by atoms with Crippen LogP contribution < -0.4 is 5.32 Å². The van der Waals surface area contributed by atoms with Gasteiger partial charge >= 0.3 is 0 Å². The zero-order valence-electron chi connectivity index (χ0n) is 14.6. The van der Waals surface area contributed by atoms with Crippen molar-refractivity contribution < 1.29 is 13.9 Å². The summed E-state index contributed by atoms with van der Waals surface area (Å²) in [5.41, 5.74) is 0.0880. The number of hydrogen-bond acceptors (Lipinski definition) is 8. The van der Waals surface area contributed by atoms with Crippen LogP contribution >= 0.6 is 23.7 Å². The molecule has 0 aliphatic carbocycles. The second-order valence-electron chi connectivity index (χ2n) is 5.71. The number of fused-ring (bicyclic) bond motifs is 1. The largest absolute Gasteiger partial charge is 0.493 e. The third-order valence-electron chi connectivity index (χ3n) is 3.79. The SMILES string of the molecule is Cc1nc(O)cc(Nc2ncc(F)c3nc(-c4c(F)cccc4C#N)sc23)n1.Cl. The molecule has 146 valence electrons. The lowest BCUT2D eigenvalue weighted by atomic mass is 10.1. The maximum atomic E-state index is 14.3. The first kappa shape index (κ1) is 20.3. The highest BCUT2D eigenvalue weighted by Crippen LogP contribution is 2.38. The number of aryl methyl sites for hydroxylation is 1. The summed E-state index contributed by atoms with van der Waals surface area (Å²) in [7, 11) is 0. The summed E-state index contributed by atoms with van der Waals surface area (Å²) in [6.07, 6.45) is 0.981. The molecule has 0 unspecified atom stereocenters. The second kappa shape index (κ2) is 7.90. The second-order valence-corrected chi connectivity index (χ2v) is 6.71. The first-order valence-corrected chi connectivity index (χ1v) is 8.73. The van der Waals surface area contributed by atoms with Crippen molar-refractivity contribution in [3.8, 4) is 22.5 Å². The molecule has 0 saturated heterocycles. The van der Waals surface area contributed by atoms with E-state index in [0.717, 1.165) is 17.5 Å². The number of nitriles is 1. The Balaban J connectivity index is 0.00000240. The summed E-state index contributed by atoms with van der Waals surface area (Å²) in [5.74, 6) is -0.729. The van der Waals surface area contributed by atoms with E-state index in [2.05, 4.69) is 25.3 Å². The van der Waals surface area contributed by atoms with Crippen molar-refractivity contribution in [3.05, 3.63) is 53.5 Å². The molecular weight excluding hydrogens is 422 g/mol. The van der Waals surface area contributed by atoms with Gasteiger partial charge in [0.15, 0.2) is 11.6 Å². The lowest BCUT2D eigenvalue weighted by Crippen LogP contribution is -1.99. The summed E-state index contributed by atoms with van der Waals surface area (Å²) in [6.45, 7) is 1.60. The van der Waals surface area contributed by atoms with E-state index >= 15 is 0 Å². The number of nitrogens with one attached hydrogen (secondary N) is 1. The Morgan fingerprint density at radius 2 is 1.97 bits per heavy atom. The molecule has 0 bridgehead atoms. The van der Waals surface area contributed by atoms with Gasteiger partial charge in [-0.2, -0.15) is 10.2 Å². The molecule has 0 amide bonds. The first-order chi connectivity index (χ1) is 13.5. The van der Waals surface area contributed by atoms with Crippen LogP contribution in [0.5, 0.6) is 5.88 Å². The highest BCUT2D eigenvalue weighted by molar-refractivity contribution is 7.22. The zero-order valence-corrected chi connectivity index (χ0v) is 16.3. The van der Waals surface area contributed by atoms with E-state index in [0.29, 0.717) is 10.5 Å². The number of rotatable bonds is 3. The van der Waals surface area contributed by atoms with Crippen LogP contribution in [0.1, 0.15) is 11.4 Å². The van der Waals surface area contributed by atoms with Crippen LogP contribution in [0.25, 0.3) is 20.8 Å². The summed E-state index contributed by atoms with van der Waals surface area (Å²) in [4.78, 5) is 16.1. The third kappa shape index (κ3) is 3.78. The molecule has 4 aromatic rings. The van der Waals surface area contributed by atoms with Crippen LogP contribution in [0.3, 0.4) is 0 Å².